The molecule has 2 aromatic rings. The van der Waals surface area contributed by atoms with Gasteiger partial charge < -0.3 is 25.4 Å². The van der Waals surface area contributed by atoms with Gasteiger partial charge >= 0.3 is 8.25 Å². The van der Waals surface area contributed by atoms with E-state index >= 15 is 0 Å². The van der Waals surface area contributed by atoms with E-state index in [1.54, 1.807) is 13.0 Å². The SMILES string of the molecule is C/C(=C\CNc1ncnc2c1ncn2[C@@H]1O[C@H](CO)[C@@H](O)[C@H]1O)CO[P+](=O)O. The van der Waals surface area contributed by atoms with E-state index in [-0.39, 0.29) is 6.61 Å². The third kappa shape index (κ3) is 4.33. The molecule has 13 heteroatoms. The van der Waals surface area contributed by atoms with E-state index in [0.29, 0.717) is 23.5 Å². The number of aromatic nitrogens is 4. The Morgan fingerprint density at radius 3 is 2.86 bits per heavy atom. The molecular formula is C15H21N5O7P+. The number of hydrogen-bond donors (Lipinski definition) is 5. The second kappa shape index (κ2) is 8.97. The summed E-state index contributed by atoms with van der Waals surface area (Å²) in [6.07, 6.45) is 0.190. The molecule has 0 bridgehead atoms. The van der Waals surface area contributed by atoms with Crippen LogP contribution in [0.15, 0.2) is 24.3 Å². The number of imidazole rings is 1. The minimum absolute atomic E-state index is 0.0342. The summed E-state index contributed by atoms with van der Waals surface area (Å²) in [5, 5.41) is 32.4. The van der Waals surface area contributed by atoms with Crippen LogP contribution in [-0.2, 0) is 13.8 Å². The van der Waals surface area contributed by atoms with Crippen LogP contribution in [-0.4, -0.2) is 77.8 Å². The first kappa shape index (κ1) is 20.7. The molecule has 0 aromatic carbocycles. The molecule has 1 saturated heterocycles. The lowest BCUT2D eigenvalue weighted by Crippen LogP contribution is -2.33. The summed E-state index contributed by atoms with van der Waals surface area (Å²) < 4.78 is 22.1. The van der Waals surface area contributed by atoms with Gasteiger partial charge in [0.1, 0.15) is 31.2 Å². The first-order chi connectivity index (χ1) is 13.4. The molecular weight excluding hydrogens is 393 g/mol. The average molecular weight is 414 g/mol. The van der Waals surface area contributed by atoms with E-state index in [9.17, 15) is 19.9 Å². The second-order valence-corrected chi connectivity index (χ2v) is 6.95. The number of fused-ring (bicyclic) bond motifs is 1. The summed E-state index contributed by atoms with van der Waals surface area (Å²) in [6, 6.07) is 0. The molecule has 5 atom stereocenters. The molecule has 1 aliphatic heterocycles. The average Bonchev–Trinajstić information content (AvgIpc) is 3.22. The molecule has 3 rings (SSSR count). The lowest BCUT2D eigenvalue weighted by molar-refractivity contribution is -0.0511. The highest BCUT2D eigenvalue weighted by molar-refractivity contribution is 7.32. The summed E-state index contributed by atoms with van der Waals surface area (Å²) in [5.74, 6) is 0.439. The first-order valence-corrected chi connectivity index (χ1v) is 9.54. The highest BCUT2D eigenvalue weighted by Gasteiger charge is 2.44. The van der Waals surface area contributed by atoms with Crippen LogP contribution in [0.25, 0.3) is 11.2 Å². The second-order valence-electron chi connectivity index (χ2n) is 6.22. The van der Waals surface area contributed by atoms with Crippen molar-refractivity contribution >= 4 is 25.2 Å². The van der Waals surface area contributed by atoms with Gasteiger partial charge in [0.25, 0.3) is 0 Å². The smallest absolute Gasteiger partial charge is 0.394 e. The Bertz CT molecular complexity index is 876. The van der Waals surface area contributed by atoms with Gasteiger partial charge in [0.2, 0.25) is 0 Å². The van der Waals surface area contributed by atoms with Gasteiger partial charge in [0.05, 0.1) is 12.9 Å². The van der Waals surface area contributed by atoms with Crippen LogP contribution in [0.3, 0.4) is 0 Å². The highest BCUT2D eigenvalue weighted by Crippen LogP contribution is 2.32. The Morgan fingerprint density at radius 2 is 2.18 bits per heavy atom. The van der Waals surface area contributed by atoms with Crippen LogP contribution < -0.4 is 5.32 Å². The maximum atomic E-state index is 10.5. The third-order valence-electron chi connectivity index (χ3n) is 4.27. The van der Waals surface area contributed by atoms with E-state index in [0.717, 1.165) is 5.57 Å². The molecule has 1 fully saturated rings. The van der Waals surface area contributed by atoms with Crippen molar-refractivity contribution in [2.75, 3.05) is 25.1 Å². The van der Waals surface area contributed by atoms with Crippen molar-refractivity contribution in [3.63, 3.8) is 0 Å². The van der Waals surface area contributed by atoms with E-state index in [4.69, 9.17) is 9.63 Å². The van der Waals surface area contributed by atoms with Crippen molar-refractivity contribution in [3.8, 4) is 0 Å². The molecule has 5 N–H and O–H groups in total. The lowest BCUT2D eigenvalue weighted by Gasteiger charge is -2.16. The summed E-state index contributed by atoms with van der Waals surface area (Å²) in [4.78, 5) is 21.2. The zero-order valence-corrected chi connectivity index (χ0v) is 15.8. The van der Waals surface area contributed by atoms with Gasteiger partial charge in [-0.3, -0.25) is 4.57 Å². The predicted octanol–water partition coefficient (Wildman–Crippen LogP) is -0.538. The number of hydrogen-bond acceptors (Lipinski definition) is 10. The van der Waals surface area contributed by atoms with Crippen molar-refractivity contribution in [2.45, 2.75) is 31.5 Å². The molecule has 12 nitrogen and oxygen atoms in total. The minimum Gasteiger partial charge on any atom is -0.394 e. The van der Waals surface area contributed by atoms with Gasteiger partial charge in [-0.25, -0.2) is 15.0 Å². The summed E-state index contributed by atoms with van der Waals surface area (Å²) in [6.45, 7) is 1.73. The molecule has 28 heavy (non-hydrogen) atoms. The largest absolute Gasteiger partial charge is 0.695 e. The maximum absolute atomic E-state index is 10.5. The molecule has 0 amide bonds. The number of aliphatic hydroxyl groups is 3. The van der Waals surface area contributed by atoms with E-state index < -0.39 is 39.4 Å². The summed E-state index contributed by atoms with van der Waals surface area (Å²) >= 11 is 0. The Balaban J connectivity index is 1.75. The first-order valence-electron chi connectivity index (χ1n) is 8.41. The predicted molar refractivity (Wildman–Crippen MR) is 96.4 cm³/mol. The summed E-state index contributed by atoms with van der Waals surface area (Å²) in [5.41, 5.74) is 1.57. The highest BCUT2D eigenvalue weighted by atomic mass is 31.1. The van der Waals surface area contributed by atoms with Crippen LogP contribution in [0.1, 0.15) is 13.2 Å². The molecule has 3 heterocycles. The molecule has 0 saturated carbocycles. The fourth-order valence-corrected chi connectivity index (χ4v) is 3.13. The lowest BCUT2D eigenvalue weighted by atomic mass is 10.1. The summed E-state index contributed by atoms with van der Waals surface area (Å²) in [7, 11) is -2.64. The quantitative estimate of drug-likeness (QED) is 0.277. The Labute approximate surface area is 160 Å². The van der Waals surface area contributed by atoms with Gasteiger partial charge in [0.15, 0.2) is 23.2 Å². The zero-order chi connectivity index (χ0) is 20.3. The van der Waals surface area contributed by atoms with Gasteiger partial charge in [0, 0.05) is 11.1 Å². The normalized spacial score (nSPS) is 26.0. The van der Waals surface area contributed by atoms with Crippen molar-refractivity contribution in [1.29, 1.82) is 0 Å². The van der Waals surface area contributed by atoms with E-state index in [1.807, 2.05) is 0 Å². The van der Waals surface area contributed by atoms with Crippen LogP contribution in [0.5, 0.6) is 0 Å². The number of nitrogens with one attached hydrogen (secondary N) is 1. The fourth-order valence-electron chi connectivity index (χ4n) is 2.82. The Hall–Kier alpha value is -2.05. The molecule has 2 aromatic heterocycles. The van der Waals surface area contributed by atoms with Gasteiger partial charge in [-0.1, -0.05) is 6.08 Å². The molecule has 152 valence electrons. The molecule has 0 radical (unpaired) electrons. The topological polar surface area (TPSA) is 172 Å². The van der Waals surface area contributed by atoms with Crippen LogP contribution in [0.2, 0.25) is 0 Å². The van der Waals surface area contributed by atoms with Crippen molar-refractivity contribution in [1.82, 2.24) is 19.5 Å². The molecule has 1 aliphatic rings. The number of anilines is 1. The van der Waals surface area contributed by atoms with Crippen molar-refractivity contribution in [2.24, 2.45) is 0 Å². The number of nitrogens with zero attached hydrogens (tertiary/aromatic N) is 4. The maximum Gasteiger partial charge on any atom is 0.695 e. The third-order valence-corrected chi connectivity index (χ3v) is 4.62. The minimum atomic E-state index is -2.64. The Morgan fingerprint density at radius 1 is 1.39 bits per heavy atom. The molecule has 0 aliphatic carbocycles. The van der Waals surface area contributed by atoms with Gasteiger partial charge in [-0.05, 0) is 12.5 Å². The van der Waals surface area contributed by atoms with Crippen LogP contribution in [0, 0.1) is 0 Å². The number of rotatable bonds is 8. The zero-order valence-electron chi connectivity index (χ0n) is 14.9. The van der Waals surface area contributed by atoms with Crippen LogP contribution >= 0.6 is 8.25 Å². The molecule has 1 unspecified atom stereocenters. The van der Waals surface area contributed by atoms with Gasteiger partial charge in [-0.15, -0.1) is 9.42 Å². The Kier molecular flexibility index (Phi) is 6.62. The van der Waals surface area contributed by atoms with Crippen LogP contribution in [0.4, 0.5) is 5.82 Å². The van der Waals surface area contributed by atoms with Crippen molar-refractivity contribution < 1.29 is 34.0 Å². The standard InChI is InChI=1S/C15H20N5O7P/c1-8(5-26-28(24)25)2-3-16-13-10-14(18-6-17-13)20(7-19-10)15-12(23)11(22)9(4-21)27-15/h2,6-7,9,11-12,15,21-23H,3-5H2,1H3,(H-,16,17,18,24,25)/p+1/b8-2+/t9-,11-,12-,15-/m1/s1. The van der Waals surface area contributed by atoms with E-state index in [2.05, 4.69) is 24.8 Å². The van der Waals surface area contributed by atoms with E-state index in [1.165, 1.54) is 17.2 Å². The number of aliphatic hydroxyl groups excluding tert-OH is 3. The fraction of sp³-hybridized carbons (Fsp3) is 0.533. The molecule has 0 spiro atoms. The monoisotopic (exact) mass is 414 g/mol. The van der Waals surface area contributed by atoms with Crippen molar-refractivity contribution in [3.05, 3.63) is 24.3 Å². The number of ether oxygens (including phenoxy) is 1. The van der Waals surface area contributed by atoms with Gasteiger partial charge in [-0.2, -0.15) is 0 Å².